The first kappa shape index (κ1) is 13.7. The van der Waals surface area contributed by atoms with Gasteiger partial charge in [-0.1, -0.05) is 0 Å². The van der Waals surface area contributed by atoms with Crippen LogP contribution < -0.4 is 10.1 Å². The maximum Gasteiger partial charge on any atom is 0.316 e. The third-order valence-corrected chi connectivity index (χ3v) is 2.99. The monoisotopic (exact) mass is 265 g/mol. The van der Waals surface area contributed by atoms with E-state index in [4.69, 9.17) is 9.47 Å². The smallest absolute Gasteiger partial charge is 0.316 e. The Balaban J connectivity index is 2.13. The molecule has 1 saturated heterocycles. The zero-order chi connectivity index (χ0) is 13.8. The molecule has 104 valence electrons. The van der Waals surface area contributed by atoms with Gasteiger partial charge in [0.15, 0.2) is 0 Å². The van der Waals surface area contributed by atoms with Gasteiger partial charge < -0.3 is 14.8 Å². The zero-order valence-electron chi connectivity index (χ0n) is 11.5. The van der Waals surface area contributed by atoms with E-state index in [9.17, 15) is 4.79 Å². The fraction of sp³-hybridized carbons (Fsp3) is 0.615. The molecule has 1 aromatic heterocycles. The number of nitrogens with one attached hydrogen (secondary N) is 1. The van der Waals surface area contributed by atoms with E-state index >= 15 is 0 Å². The van der Waals surface area contributed by atoms with Crippen LogP contribution in [0.15, 0.2) is 0 Å². The molecule has 0 bridgehead atoms. The van der Waals surface area contributed by atoms with Gasteiger partial charge in [0.2, 0.25) is 0 Å². The van der Waals surface area contributed by atoms with Gasteiger partial charge >= 0.3 is 6.01 Å². The lowest BCUT2D eigenvalue weighted by Gasteiger charge is -2.14. The molecule has 19 heavy (non-hydrogen) atoms. The molecule has 1 aliphatic heterocycles. The fourth-order valence-electron chi connectivity index (χ4n) is 2.05. The second kappa shape index (κ2) is 5.97. The topological polar surface area (TPSA) is 73.3 Å². The lowest BCUT2D eigenvalue weighted by Crippen LogP contribution is -2.28. The average Bonchev–Trinajstić information content (AvgIpc) is 2.88. The van der Waals surface area contributed by atoms with Gasteiger partial charge in [-0.25, -0.2) is 0 Å². The Labute approximate surface area is 112 Å². The molecule has 0 aliphatic carbocycles. The zero-order valence-corrected chi connectivity index (χ0v) is 11.5. The number of nitrogens with zero attached hydrogens (tertiary/aromatic N) is 2. The van der Waals surface area contributed by atoms with Crippen molar-refractivity contribution < 1.29 is 14.3 Å². The Morgan fingerprint density at radius 2 is 2.11 bits per heavy atom. The molecule has 0 saturated carbocycles. The number of carbonyl (C=O) groups excluding carboxylic acids is 1. The molecular weight excluding hydrogens is 246 g/mol. The maximum absolute atomic E-state index is 12.0. The normalized spacial score (nSPS) is 18.4. The second-order valence-electron chi connectivity index (χ2n) is 4.48. The molecule has 6 heteroatoms. The van der Waals surface area contributed by atoms with Crippen LogP contribution in [-0.4, -0.2) is 35.2 Å². The molecule has 6 nitrogen and oxygen atoms in total. The SMILES string of the molecule is CCOc1nc(C)c(NC(=O)C2CCCO2)c(C)n1. The summed E-state index contributed by atoms with van der Waals surface area (Å²) in [7, 11) is 0. The lowest BCUT2D eigenvalue weighted by atomic mass is 10.2. The highest BCUT2D eigenvalue weighted by Gasteiger charge is 2.24. The summed E-state index contributed by atoms with van der Waals surface area (Å²) in [4.78, 5) is 20.4. The molecule has 1 aliphatic rings. The Morgan fingerprint density at radius 1 is 1.42 bits per heavy atom. The Kier molecular flexibility index (Phi) is 4.31. The number of rotatable bonds is 4. The van der Waals surface area contributed by atoms with Crippen LogP contribution in [0.3, 0.4) is 0 Å². The molecule has 0 aromatic carbocycles. The van der Waals surface area contributed by atoms with Crippen LogP contribution in [0.25, 0.3) is 0 Å². The summed E-state index contributed by atoms with van der Waals surface area (Å²) < 4.78 is 10.6. The van der Waals surface area contributed by atoms with Crippen molar-refractivity contribution in [3.63, 3.8) is 0 Å². The van der Waals surface area contributed by atoms with Crippen LogP contribution in [0.1, 0.15) is 31.2 Å². The minimum Gasteiger partial charge on any atom is -0.464 e. The van der Waals surface area contributed by atoms with Gasteiger partial charge in [0, 0.05) is 6.61 Å². The molecule has 1 amide bonds. The molecule has 1 atom stereocenters. The van der Waals surface area contributed by atoms with E-state index in [2.05, 4.69) is 15.3 Å². The molecule has 1 N–H and O–H groups in total. The molecule has 1 aromatic rings. The maximum atomic E-state index is 12.0. The van der Waals surface area contributed by atoms with Crippen molar-refractivity contribution in [2.24, 2.45) is 0 Å². The predicted octanol–water partition coefficient (Wildman–Crippen LogP) is 1.61. The van der Waals surface area contributed by atoms with Gasteiger partial charge in [-0.05, 0) is 33.6 Å². The number of ether oxygens (including phenoxy) is 2. The summed E-state index contributed by atoms with van der Waals surface area (Å²) >= 11 is 0. The first-order chi connectivity index (χ1) is 9.11. The number of carbonyl (C=O) groups is 1. The summed E-state index contributed by atoms with van der Waals surface area (Å²) in [5.74, 6) is -0.128. The van der Waals surface area contributed by atoms with Crippen molar-refractivity contribution in [2.45, 2.75) is 39.7 Å². The lowest BCUT2D eigenvalue weighted by molar-refractivity contribution is -0.124. The number of aromatic nitrogens is 2. The van der Waals surface area contributed by atoms with E-state index < -0.39 is 0 Å². The Bertz CT molecular complexity index is 447. The third-order valence-electron chi connectivity index (χ3n) is 2.99. The van der Waals surface area contributed by atoms with E-state index in [-0.39, 0.29) is 12.0 Å². The number of hydrogen-bond donors (Lipinski definition) is 1. The van der Waals surface area contributed by atoms with Gasteiger partial charge in [-0.3, -0.25) is 4.79 Å². The van der Waals surface area contributed by atoms with Crippen LogP contribution in [-0.2, 0) is 9.53 Å². The summed E-state index contributed by atoms with van der Waals surface area (Å²) in [5, 5.41) is 2.85. The van der Waals surface area contributed by atoms with Gasteiger partial charge in [0.05, 0.1) is 23.7 Å². The quantitative estimate of drug-likeness (QED) is 0.895. The van der Waals surface area contributed by atoms with Crippen LogP contribution in [0.4, 0.5) is 5.69 Å². The standard InChI is InChI=1S/C13H19N3O3/c1-4-18-13-14-8(2)11(9(3)15-13)16-12(17)10-6-5-7-19-10/h10H,4-7H2,1-3H3,(H,16,17). The molecule has 0 radical (unpaired) electrons. The minimum absolute atomic E-state index is 0.128. The van der Waals surface area contributed by atoms with Crippen LogP contribution >= 0.6 is 0 Å². The highest BCUT2D eigenvalue weighted by atomic mass is 16.5. The van der Waals surface area contributed by atoms with Gasteiger partial charge in [0.1, 0.15) is 6.10 Å². The molecule has 2 rings (SSSR count). The van der Waals surface area contributed by atoms with E-state index in [1.54, 1.807) is 0 Å². The Morgan fingerprint density at radius 3 is 2.63 bits per heavy atom. The van der Waals surface area contributed by atoms with E-state index in [0.717, 1.165) is 12.8 Å². The van der Waals surface area contributed by atoms with E-state index in [1.165, 1.54) is 0 Å². The summed E-state index contributed by atoms with van der Waals surface area (Å²) in [6, 6.07) is 0.340. The van der Waals surface area contributed by atoms with E-state index in [1.807, 2.05) is 20.8 Å². The largest absolute Gasteiger partial charge is 0.464 e. The van der Waals surface area contributed by atoms with Crippen LogP contribution in [0, 0.1) is 13.8 Å². The molecular formula is C13H19N3O3. The summed E-state index contributed by atoms with van der Waals surface area (Å²) in [6.07, 6.45) is 1.34. The van der Waals surface area contributed by atoms with Crippen molar-refractivity contribution in [3.05, 3.63) is 11.4 Å². The highest BCUT2D eigenvalue weighted by molar-refractivity contribution is 5.95. The third kappa shape index (κ3) is 3.20. The average molecular weight is 265 g/mol. The highest BCUT2D eigenvalue weighted by Crippen LogP contribution is 2.21. The van der Waals surface area contributed by atoms with Gasteiger partial charge in [-0.15, -0.1) is 0 Å². The first-order valence-corrected chi connectivity index (χ1v) is 6.52. The predicted molar refractivity (Wildman–Crippen MR) is 70.3 cm³/mol. The van der Waals surface area contributed by atoms with Crippen molar-refractivity contribution in [1.82, 2.24) is 9.97 Å². The summed E-state index contributed by atoms with van der Waals surface area (Å²) in [5.41, 5.74) is 2.04. The minimum atomic E-state index is -0.356. The number of anilines is 1. The number of amides is 1. The molecule has 0 spiro atoms. The van der Waals surface area contributed by atoms with Gasteiger partial charge in [0.25, 0.3) is 5.91 Å². The number of aryl methyl sites for hydroxylation is 2. The Hall–Kier alpha value is -1.69. The van der Waals surface area contributed by atoms with E-state index in [0.29, 0.717) is 36.3 Å². The van der Waals surface area contributed by atoms with Crippen molar-refractivity contribution in [3.8, 4) is 6.01 Å². The van der Waals surface area contributed by atoms with Crippen LogP contribution in [0.5, 0.6) is 6.01 Å². The van der Waals surface area contributed by atoms with Crippen molar-refractivity contribution >= 4 is 11.6 Å². The fourth-order valence-corrected chi connectivity index (χ4v) is 2.05. The van der Waals surface area contributed by atoms with Crippen molar-refractivity contribution in [2.75, 3.05) is 18.5 Å². The first-order valence-electron chi connectivity index (χ1n) is 6.52. The second-order valence-corrected chi connectivity index (χ2v) is 4.48. The molecule has 2 heterocycles. The van der Waals surface area contributed by atoms with Crippen molar-refractivity contribution in [1.29, 1.82) is 0 Å². The number of hydrogen-bond acceptors (Lipinski definition) is 5. The molecule has 1 unspecified atom stereocenters. The van der Waals surface area contributed by atoms with Crippen LogP contribution in [0.2, 0.25) is 0 Å². The molecule has 1 fully saturated rings. The van der Waals surface area contributed by atoms with Gasteiger partial charge in [-0.2, -0.15) is 9.97 Å². The summed E-state index contributed by atoms with van der Waals surface area (Å²) in [6.45, 7) is 6.68.